The molecule has 0 atom stereocenters. The number of Topliss-reactive ketones (excluding diaryl/α,β-unsaturated/α-hetero) is 1. The van der Waals surface area contributed by atoms with Gasteiger partial charge in [-0.15, -0.1) is 0 Å². The van der Waals surface area contributed by atoms with Gasteiger partial charge in [0.25, 0.3) is 0 Å². The predicted octanol–water partition coefficient (Wildman–Crippen LogP) is 4.25. The van der Waals surface area contributed by atoms with Crippen LogP contribution in [0.25, 0.3) is 0 Å². The summed E-state index contributed by atoms with van der Waals surface area (Å²) in [6, 6.07) is 13.3. The monoisotopic (exact) mass is 273 g/mol. The molecule has 0 spiro atoms. The Morgan fingerprint density at radius 3 is 2.63 bits per heavy atom. The molecule has 3 heteroatoms. The van der Waals surface area contributed by atoms with Crippen molar-refractivity contribution in [2.75, 3.05) is 11.9 Å². The Labute approximate surface area is 118 Å². The minimum atomic E-state index is 0.0705. The molecule has 0 unspecified atom stereocenters. The summed E-state index contributed by atoms with van der Waals surface area (Å²) in [5.74, 6) is 0.0705. The molecule has 0 radical (unpaired) electrons. The third-order valence-corrected chi connectivity index (χ3v) is 3.34. The van der Waals surface area contributed by atoms with Crippen LogP contribution in [0.15, 0.2) is 42.5 Å². The summed E-state index contributed by atoms with van der Waals surface area (Å²) in [5.41, 5.74) is 3.63. The van der Waals surface area contributed by atoms with E-state index < -0.39 is 0 Å². The van der Waals surface area contributed by atoms with Crippen molar-refractivity contribution in [2.45, 2.75) is 13.8 Å². The van der Waals surface area contributed by atoms with Gasteiger partial charge in [0.1, 0.15) is 0 Å². The van der Waals surface area contributed by atoms with E-state index in [1.165, 1.54) is 0 Å². The number of hydrogen-bond donors (Lipinski definition) is 1. The summed E-state index contributed by atoms with van der Waals surface area (Å²) in [6.45, 7) is 4.17. The average molecular weight is 274 g/mol. The number of hydrogen-bond acceptors (Lipinski definition) is 2. The summed E-state index contributed by atoms with van der Waals surface area (Å²) in [6.07, 6.45) is 0. The summed E-state index contributed by atoms with van der Waals surface area (Å²) in [7, 11) is 0. The Morgan fingerprint density at radius 1 is 1.16 bits per heavy atom. The Hall–Kier alpha value is -1.80. The smallest absolute Gasteiger partial charge is 0.182 e. The van der Waals surface area contributed by atoms with Crippen LogP contribution in [-0.4, -0.2) is 12.3 Å². The zero-order valence-corrected chi connectivity index (χ0v) is 11.8. The van der Waals surface area contributed by atoms with E-state index in [1.807, 2.05) is 50.2 Å². The Bertz CT molecular complexity index is 607. The van der Waals surface area contributed by atoms with Gasteiger partial charge in [-0.05, 0) is 37.6 Å². The van der Waals surface area contributed by atoms with Crippen molar-refractivity contribution in [3.8, 4) is 0 Å². The summed E-state index contributed by atoms with van der Waals surface area (Å²) >= 11 is 6.04. The molecule has 0 aliphatic rings. The first kappa shape index (κ1) is 13.6. The summed E-state index contributed by atoms with van der Waals surface area (Å²) in [4.78, 5) is 12.2. The lowest BCUT2D eigenvalue weighted by atomic mass is 10.0. The van der Waals surface area contributed by atoms with E-state index in [0.717, 1.165) is 22.4 Å². The zero-order chi connectivity index (χ0) is 13.8. The maximum atomic E-state index is 12.2. The van der Waals surface area contributed by atoms with Crippen LogP contribution in [0.4, 0.5) is 5.69 Å². The molecule has 0 saturated carbocycles. The minimum absolute atomic E-state index is 0.0705. The standard InChI is InChI=1S/C16H16ClNO/c1-11-7-8-12(2)13(9-11)16(19)10-18-15-6-4-3-5-14(15)17/h3-9,18H,10H2,1-2H3. The van der Waals surface area contributed by atoms with E-state index in [4.69, 9.17) is 11.6 Å². The van der Waals surface area contributed by atoms with E-state index in [0.29, 0.717) is 5.02 Å². The molecule has 0 heterocycles. The van der Waals surface area contributed by atoms with E-state index >= 15 is 0 Å². The van der Waals surface area contributed by atoms with Gasteiger partial charge in [-0.3, -0.25) is 4.79 Å². The number of nitrogens with one attached hydrogen (secondary N) is 1. The Morgan fingerprint density at radius 2 is 1.89 bits per heavy atom. The summed E-state index contributed by atoms with van der Waals surface area (Å²) < 4.78 is 0. The van der Waals surface area contributed by atoms with Gasteiger partial charge in [0.15, 0.2) is 5.78 Å². The maximum Gasteiger partial charge on any atom is 0.182 e. The predicted molar refractivity (Wildman–Crippen MR) is 80.2 cm³/mol. The minimum Gasteiger partial charge on any atom is -0.376 e. The summed E-state index contributed by atoms with van der Waals surface area (Å²) in [5, 5.41) is 3.70. The van der Waals surface area contributed by atoms with E-state index in [-0.39, 0.29) is 12.3 Å². The number of halogens is 1. The van der Waals surface area contributed by atoms with Crippen LogP contribution in [0.1, 0.15) is 21.5 Å². The number of para-hydroxylation sites is 1. The molecule has 19 heavy (non-hydrogen) atoms. The van der Waals surface area contributed by atoms with Gasteiger partial charge in [0.2, 0.25) is 0 Å². The second kappa shape index (κ2) is 5.89. The molecular weight excluding hydrogens is 258 g/mol. The van der Waals surface area contributed by atoms with Gasteiger partial charge < -0.3 is 5.32 Å². The van der Waals surface area contributed by atoms with Crippen molar-refractivity contribution >= 4 is 23.1 Å². The highest BCUT2D eigenvalue weighted by molar-refractivity contribution is 6.33. The molecule has 98 valence electrons. The van der Waals surface area contributed by atoms with Crippen molar-refractivity contribution in [1.29, 1.82) is 0 Å². The second-order valence-electron chi connectivity index (χ2n) is 4.57. The molecule has 2 rings (SSSR count). The van der Waals surface area contributed by atoms with Gasteiger partial charge in [-0.1, -0.05) is 41.4 Å². The molecule has 0 aliphatic heterocycles. The van der Waals surface area contributed by atoms with Gasteiger partial charge in [-0.25, -0.2) is 0 Å². The van der Waals surface area contributed by atoms with Crippen LogP contribution >= 0.6 is 11.6 Å². The molecule has 2 aromatic rings. The molecule has 0 bridgehead atoms. The fraction of sp³-hybridized carbons (Fsp3) is 0.188. The number of ketones is 1. The highest BCUT2D eigenvalue weighted by Crippen LogP contribution is 2.20. The molecule has 1 N–H and O–H groups in total. The maximum absolute atomic E-state index is 12.2. The van der Waals surface area contributed by atoms with Gasteiger partial charge in [0, 0.05) is 5.56 Å². The Balaban J connectivity index is 2.10. The van der Waals surface area contributed by atoms with Gasteiger partial charge in [-0.2, -0.15) is 0 Å². The van der Waals surface area contributed by atoms with Crippen molar-refractivity contribution in [3.05, 3.63) is 64.2 Å². The second-order valence-corrected chi connectivity index (χ2v) is 4.98. The first-order valence-corrected chi connectivity index (χ1v) is 6.54. The first-order chi connectivity index (χ1) is 9.08. The number of rotatable bonds is 4. The van der Waals surface area contributed by atoms with E-state index in [1.54, 1.807) is 6.07 Å². The molecule has 0 fully saturated rings. The normalized spacial score (nSPS) is 10.3. The molecule has 0 aliphatic carbocycles. The molecule has 2 nitrogen and oxygen atoms in total. The number of aryl methyl sites for hydroxylation is 2. The van der Waals surface area contributed by atoms with Crippen LogP contribution < -0.4 is 5.32 Å². The quantitative estimate of drug-likeness (QED) is 0.844. The number of anilines is 1. The van der Waals surface area contributed by atoms with Crippen LogP contribution in [0.2, 0.25) is 5.02 Å². The highest BCUT2D eigenvalue weighted by atomic mass is 35.5. The lowest BCUT2D eigenvalue weighted by Crippen LogP contribution is -2.15. The Kier molecular flexibility index (Phi) is 4.23. The number of carbonyl (C=O) groups is 1. The molecule has 2 aromatic carbocycles. The van der Waals surface area contributed by atoms with E-state index in [2.05, 4.69) is 5.32 Å². The van der Waals surface area contributed by atoms with Gasteiger partial charge in [0.05, 0.1) is 17.3 Å². The number of carbonyl (C=O) groups excluding carboxylic acids is 1. The van der Waals surface area contributed by atoms with Crippen LogP contribution in [-0.2, 0) is 0 Å². The fourth-order valence-corrected chi connectivity index (χ4v) is 2.11. The molecule has 0 aromatic heterocycles. The van der Waals surface area contributed by atoms with E-state index in [9.17, 15) is 4.79 Å². The fourth-order valence-electron chi connectivity index (χ4n) is 1.91. The first-order valence-electron chi connectivity index (χ1n) is 6.17. The largest absolute Gasteiger partial charge is 0.376 e. The van der Waals surface area contributed by atoms with Gasteiger partial charge >= 0.3 is 0 Å². The van der Waals surface area contributed by atoms with Crippen molar-refractivity contribution in [1.82, 2.24) is 0 Å². The molecular formula is C16H16ClNO. The van der Waals surface area contributed by atoms with Crippen molar-refractivity contribution < 1.29 is 4.79 Å². The average Bonchev–Trinajstić information content (AvgIpc) is 2.40. The lowest BCUT2D eigenvalue weighted by molar-refractivity contribution is 0.101. The van der Waals surface area contributed by atoms with Crippen LogP contribution in [0, 0.1) is 13.8 Å². The zero-order valence-electron chi connectivity index (χ0n) is 11.0. The van der Waals surface area contributed by atoms with Crippen molar-refractivity contribution in [3.63, 3.8) is 0 Å². The SMILES string of the molecule is Cc1ccc(C)c(C(=O)CNc2ccccc2Cl)c1. The van der Waals surface area contributed by atoms with Crippen molar-refractivity contribution in [2.24, 2.45) is 0 Å². The van der Waals surface area contributed by atoms with Crippen LogP contribution in [0.5, 0.6) is 0 Å². The lowest BCUT2D eigenvalue weighted by Gasteiger charge is -2.09. The topological polar surface area (TPSA) is 29.1 Å². The van der Waals surface area contributed by atoms with Crippen LogP contribution in [0.3, 0.4) is 0 Å². The third-order valence-electron chi connectivity index (χ3n) is 3.01. The molecule has 0 saturated heterocycles. The highest BCUT2D eigenvalue weighted by Gasteiger charge is 2.09. The third kappa shape index (κ3) is 3.36. The molecule has 0 amide bonds. The number of benzene rings is 2.